The van der Waals surface area contributed by atoms with Gasteiger partial charge in [0.2, 0.25) is 0 Å². The van der Waals surface area contributed by atoms with Gasteiger partial charge >= 0.3 is 5.97 Å². The SMILES string of the molecule is Cc1cc(C(=O)O)nc(-n2cc(-c3ccccc3)cn2)n1. The zero-order valence-electron chi connectivity index (χ0n) is 11.3. The Morgan fingerprint density at radius 3 is 2.62 bits per heavy atom. The molecule has 0 spiro atoms. The summed E-state index contributed by atoms with van der Waals surface area (Å²) in [5.41, 5.74) is 2.47. The van der Waals surface area contributed by atoms with Crippen molar-refractivity contribution in [3.05, 3.63) is 60.2 Å². The number of hydrogen-bond donors (Lipinski definition) is 1. The predicted octanol–water partition coefficient (Wildman–Crippen LogP) is 2.34. The Morgan fingerprint density at radius 2 is 1.90 bits per heavy atom. The van der Waals surface area contributed by atoms with E-state index >= 15 is 0 Å². The molecule has 0 saturated carbocycles. The first-order valence-electron chi connectivity index (χ1n) is 6.33. The van der Waals surface area contributed by atoms with Gasteiger partial charge < -0.3 is 5.11 Å². The Labute approximate surface area is 120 Å². The van der Waals surface area contributed by atoms with Gasteiger partial charge in [-0.1, -0.05) is 30.3 Å². The van der Waals surface area contributed by atoms with Gasteiger partial charge in [0.15, 0.2) is 5.69 Å². The number of nitrogens with zero attached hydrogens (tertiary/aromatic N) is 4. The van der Waals surface area contributed by atoms with E-state index in [0.29, 0.717) is 5.69 Å². The summed E-state index contributed by atoms with van der Waals surface area (Å²) in [4.78, 5) is 19.3. The summed E-state index contributed by atoms with van der Waals surface area (Å²) < 4.78 is 1.47. The molecule has 2 aromatic heterocycles. The summed E-state index contributed by atoms with van der Waals surface area (Å²) in [5.74, 6) is -0.841. The molecule has 1 aromatic carbocycles. The summed E-state index contributed by atoms with van der Waals surface area (Å²) in [5, 5.41) is 13.2. The van der Waals surface area contributed by atoms with Crippen molar-refractivity contribution in [3.8, 4) is 17.1 Å². The Morgan fingerprint density at radius 1 is 1.14 bits per heavy atom. The van der Waals surface area contributed by atoms with E-state index in [1.54, 1.807) is 19.3 Å². The standard InChI is InChI=1S/C15H12N4O2/c1-10-7-13(14(20)21)18-15(17-10)19-9-12(8-16-19)11-5-3-2-4-6-11/h2-9H,1H3,(H,20,21). The van der Waals surface area contributed by atoms with Crippen LogP contribution in [-0.2, 0) is 0 Å². The average molecular weight is 280 g/mol. The van der Waals surface area contributed by atoms with Crippen LogP contribution in [0.15, 0.2) is 48.8 Å². The monoisotopic (exact) mass is 280 g/mol. The maximum Gasteiger partial charge on any atom is 0.354 e. The Hall–Kier alpha value is -3.02. The van der Waals surface area contributed by atoms with Crippen LogP contribution in [0, 0.1) is 6.92 Å². The highest BCUT2D eigenvalue weighted by molar-refractivity contribution is 5.85. The van der Waals surface area contributed by atoms with Crippen LogP contribution in [0.4, 0.5) is 0 Å². The third-order valence-corrected chi connectivity index (χ3v) is 2.96. The van der Waals surface area contributed by atoms with E-state index in [-0.39, 0.29) is 11.6 Å². The van der Waals surface area contributed by atoms with Crippen molar-refractivity contribution in [2.45, 2.75) is 6.92 Å². The van der Waals surface area contributed by atoms with Crippen molar-refractivity contribution in [1.29, 1.82) is 0 Å². The third-order valence-electron chi connectivity index (χ3n) is 2.96. The van der Waals surface area contributed by atoms with Gasteiger partial charge in [0.05, 0.1) is 6.20 Å². The van der Waals surface area contributed by atoms with Gasteiger partial charge in [-0.2, -0.15) is 5.10 Å². The maximum atomic E-state index is 11.0. The molecule has 0 aliphatic rings. The highest BCUT2D eigenvalue weighted by Gasteiger charge is 2.11. The molecular formula is C15H12N4O2. The summed E-state index contributed by atoms with van der Waals surface area (Å²) in [7, 11) is 0. The molecule has 104 valence electrons. The fourth-order valence-corrected chi connectivity index (χ4v) is 1.98. The second kappa shape index (κ2) is 5.16. The first kappa shape index (κ1) is 13.0. The number of aromatic carboxylic acids is 1. The van der Waals surface area contributed by atoms with Crippen molar-refractivity contribution in [2.75, 3.05) is 0 Å². The molecule has 6 nitrogen and oxygen atoms in total. The minimum absolute atomic E-state index is 0.0470. The molecule has 1 N–H and O–H groups in total. The van der Waals surface area contributed by atoms with E-state index in [1.165, 1.54) is 10.7 Å². The molecule has 21 heavy (non-hydrogen) atoms. The van der Waals surface area contributed by atoms with Gasteiger partial charge in [-0.25, -0.2) is 19.4 Å². The number of carbonyl (C=O) groups is 1. The van der Waals surface area contributed by atoms with Gasteiger partial charge in [-0.15, -0.1) is 0 Å². The van der Waals surface area contributed by atoms with Crippen LogP contribution in [0.1, 0.15) is 16.2 Å². The fourth-order valence-electron chi connectivity index (χ4n) is 1.98. The lowest BCUT2D eigenvalue weighted by atomic mass is 10.1. The van der Waals surface area contributed by atoms with Crippen molar-refractivity contribution in [2.24, 2.45) is 0 Å². The van der Waals surface area contributed by atoms with E-state index in [2.05, 4.69) is 15.1 Å². The van der Waals surface area contributed by atoms with Crippen LogP contribution in [-0.4, -0.2) is 30.8 Å². The van der Waals surface area contributed by atoms with E-state index < -0.39 is 5.97 Å². The maximum absolute atomic E-state index is 11.0. The molecule has 0 radical (unpaired) electrons. The summed E-state index contributed by atoms with van der Waals surface area (Å²) in [6.07, 6.45) is 3.47. The molecule has 0 aliphatic carbocycles. The molecule has 0 atom stereocenters. The van der Waals surface area contributed by atoms with Crippen molar-refractivity contribution in [3.63, 3.8) is 0 Å². The molecule has 0 saturated heterocycles. The van der Waals surface area contributed by atoms with Gasteiger partial charge in [-0.3, -0.25) is 0 Å². The van der Waals surface area contributed by atoms with E-state index in [9.17, 15) is 4.79 Å². The highest BCUT2D eigenvalue weighted by Crippen LogP contribution is 2.18. The van der Waals surface area contributed by atoms with Crippen molar-refractivity contribution >= 4 is 5.97 Å². The number of carboxylic acid groups (broad SMARTS) is 1. The van der Waals surface area contributed by atoms with E-state index in [0.717, 1.165) is 11.1 Å². The van der Waals surface area contributed by atoms with Crippen LogP contribution >= 0.6 is 0 Å². The lowest BCUT2D eigenvalue weighted by Crippen LogP contribution is -2.09. The summed E-state index contributed by atoms with van der Waals surface area (Å²) in [6.45, 7) is 1.72. The van der Waals surface area contributed by atoms with Crippen molar-refractivity contribution in [1.82, 2.24) is 19.7 Å². The lowest BCUT2D eigenvalue weighted by molar-refractivity contribution is 0.0690. The number of benzene rings is 1. The lowest BCUT2D eigenvalue weighted by Gasteiger charge is -2.02. The van der Waals surface area contributed by atoms with Crippen molar-refractivity contribution < 1.29 is 9.90 Å². The van der Waals surface area contributed by atoms with Gasteiger partial charge in [-0.05, 0) is 18.6 Å². The summed E-state index contributed by atoms with van der Waals surface area (Å²) >= 11 is 0. The largest absolute Gasteiger partial charge is 0.477 e. The van der Waals surface area contributed by atoms with Gasteiger partial charge in [0.25, 0.3) is 5.95 Å². The molecule has 6 heteroatoms. The number of carboxylic acids is 1. The zero-order chi connectivity index (χ0) is 14.8. The Bertz CT molecular complexity index is 796. The van der Waals surface area contributed by atoms with Crippen LogP contribution in [0.3, 0.4) is 0 Å². The molecular weight excluding hydrogens is 268 g/mol. The molecule has 0 aliphatic heterocycles. The number of aryl methyl sites for hydroxylation is 1. The smallest absolute Gasteiger partial charge is 0.354 e. The molecule has 2 heterocycles. The number of hydrogen-bond acceptors (Lipinski definition) is 4. The highest BCUT2D eigenvalue weighted by atomic mass is 16.4. The normalized spacial score (nSPS) is 10.5. The predicted molar refractivity (Wildman–Crippen MR) is 76.3 cm³/mol. The van der Waals surface area contributed by atoms with Crippen LogP contribution in [0.25, 0.3) is 17.1 Å². The van der Waals surface area contributed by atoms with E-state index in [1.807, 2.05) is 30.3 Å². The average Bonchev–Trinajstić information content (AvgIpc) is 2.97. The first-order chi connectivity index (χ1) is 10.1. The topological polar surface area (TPSA) is 80.9 Å². The van der Waals surface area contributed by atoms with E-state index in [4.69, 9.17) is 5.11 Å². The molecule has 0 bridgehead atoms. The quantitative estimate of drug-likeness (QED) is 0.796. The number of rotatable bonds is 3. The minimum Gasteiger partial charge on any atom is -0.477 e. The van der Waals surface area contributed by atoms with Gasteiger partial charge in [0, 0.05) is 17.5 Å². The molecule has 0 fully saturated rings. The second-order valence-electron chi connectivity index (χ2n) is 4.54. The molecule has 0 amide bonds. The van der Waals surface area contributed by atoms with Crippen LogP contribution < -0.4 is 0 Å². The molecule has 0 unspecified atom stereocenters. The Balaban J connectivity index is 2.02. The Kier molecular flexibility index (Phi) is 3.19. The minimum atomic E-state index is -1.09. The molecule has 3 rings (SSSR count). The van der Waals surface area contributed by atoms with Crippen LogP contribution in [0.5, 0.6) is 0 Å². The zero-order valence-corrected chi connectivity index (χ0v) is 11.3. The second-order valence-corrected chi connectivity index (χ2v) is 4.54. The molecule has 3 aromatic rings. The van der Waals surface area contributed by atoms with Gasteiger partial charge in [0.1, 0.15) is 0 Å². The fraction of sp³-hybridized carbons (Fsp3) is 0.0667. The number of aromatic nitrogens is 4. The third kappa shape index (κ3) is 2.64. The van der Waals surface area contributed by atoms with Crippen LogP contribution in [0.2, 0.25) is 0 Å². The first-order valence-corrected chi connectivity index (χ1v) is 6.33. The summed E-state index contributed by atoms with van der Waals surface area (Å²) in [6, 6.07) is 11.2.